The normalized spacial score (nSPS) is 16.8. The predicted molar refractivity (Wildman–Crippen MR) is 152 cm³/mol. The lowest BCUT2D eigenvalue weighted by molar-refractivity contribution is -0.0196. The molecule has 0 radical (unpaired) electrons. The summed E-state index contributed by atoms with van der Waals surface area (Å²) in [6, 6.07) is 9.73. The van der Waals surface area contributed by atoms with Gasteiger partial charge in [-0.1, -0.05) is 23.4 Å². The lowest BCUT2D eigenvalue weighted by Crippen LogP contribution is -2.62. The highest BCUT2D eigenvalue weighted by Crippen LogP contribution is 2.33. The molecule has 6 rings (SSSR count). The Kier molecular flexibility index (Phi) is 8.10. The number of hydrogen-bond acceptors (Lipinski definition) is 9. The van der Waals surface area contributed by atoms with E-state index in [0.717, 1.165) is 37.6 Å². The van der Waals surface area contributed by atoms with E-state index in [9.17, 15) is 18.0 Å². The number of alkyl halides is 2. The van der Waals surface area contributed by atoms with Crippen LogP contribution in [0.2, 0.25) is 0 Å². The Labute approximate surface area is 252 Å². The second kappa shape index (κ2) is 12.0. The molecule has 4 aromatic rings. The maximum absolute atomic E-state index is 14.8. The number of piperidine rings is 1. The van der Waals surface area contributed by atoms with E-state index in [1.54, 1.807) is 11.1 Å². The van der Waals surface area contributed by atoms with E-state index in [-0.39, 0.29) is 29.8 Å². The number of likely N-dealkylation sites (tertiary alicyclic amines) is 2. The van der Waals surface area contributed by atoms with E-state index in [1.807, 2.05) is 32.9 Å². The zero-order valence-corrected chi connectivity index (χ0v) is 24.7. The molecule has 2 saturated heterocycles. The van der Waals surface area contributed by atoms with Crippen molar-refractivity contribution in [3.8, 4) is 22.7 Å². The molecule has 44 heavy (non-hydrogen) atoms. The van der Waals surface area contributed by atoms with Gasteiger partial charge in [0.05, 0.1) is 24.0 Å². The molecule has 2 aliphatic rings. The smallest absolute Gasteiger partial charge is 0.410 e. The molecule has 0 N–H and O–H groups in total. The fraction of sp³-hybridized carbons (Fsp3) is 0.467. The molecule has 0 saturated carbocycles. The molecule has 0 spiro atoms. The van der Waals surface area contributed by atoms with E-state index in [1.165, 1.54) is 16.4 Å². The Balaban J connectivity index is 1.04. The summed E-state index contributed by atoms with van der Waals surface area (Å²) < 4.78 is 52.1. The Morgan fingerprint density at radius 3 is 2.55 bits per heavy atom. The highest BCUT2D eigenvalue weighted by atomic mass is 19.3. The minimum atomic E-state index is -2.92. The molecule has 11 nitrogen and oxygen atoms in total. The van der Waals surface area contributed by atoms with Crippen LogP contribution in [-0.2, 0) is 11.3 Å². The monoisotopic (exact) mass is 610 g/mol. The average Bonchev–Trinajstić information content (AvgIpc) is 3.64. The van der Waals surface area contributed by atoms with Gasteiger partial charge in [0, 0.05) is 30.9 Å². The van der Waals surface area contributed by atoms with Crippen LogP contribution in [0, 0.1) is 5.82 Å². The molecular formula is C30H33F3N8O3. The van der Waals surface area contributed by atoms with Crippen molar-refractivity contribution >= 4 is 6.09 Å². The van der Waals surface area contributed by atoms with Crippen LogP contribution in [0.4, 0.5) is 18.0 Å². The predicted octanol–water partition coefficient (Wildman–Crippen LogP) is 5.31. The van der Waals surface area contributed by atoms with Crippen LogP contribution < -0.4 is 0 Å². The largest absolute Gasteiger partial charge is 0.444 e. The summed E-state index contributed by atoms with van der Waals surface area (Å²) in [6.45, 7) is 9.00. The van der Waals surface area contributed by atoms with Crippen molar-refractivity contribution in [3.05, 3.63) is 65.7 Å². The first-order chi connectivity index (χ1) is 21.0. The van der Waals surface area contributed by atoms with Gasteiger partial charge < -0.3 is 14.1 Å². The zero-order valence-electron chi connectivity index (χ0n) is 24.7. The van der Waals surface area contributed by atoms with E-state index in [4.69, 9.17) is 9.15 Å². The molecule has 14 heteroatoms. The highest BCUT2D eigenvalue weighted by Gasteiger charge is 2.38. The number of halogens is 3. The number of ether oxygens (including phenoxy) is 1. The number of hydrogen-bond donors (Lipinski definition) is 0. The van der Waals surface area contributed by atoms with Gasteiger partial charge in [-0.25, -0.2) is 13.9 Å². The fourth-order valence-electron chi connectivity index (χ4n) is 5.51. The molecule has 1 aromatic carbocycles. The molecule has 5 heterocycles. The summed E-state index contributed by atoms with van der Waals surface area (Å²) >= 11 is 0. The van der Waals surface area contributed by atoms with E-state index >= 15 is 0 Å². The van der Waals surface area contributed by atoms with Crippen LogP contribution in [-0.4, -0.2) is 83.9 Å². The molecule has 2 aliphatic heterocycles. The Bertz CT molecular complexity index is 1620. The van der Waals surface area contributed by atoms with Gasteiger partial charge in [0.1, 0.15) is 17.1 Å². The van der Waals surface area contributed by atoms with Crippen molar-refractivity contribution in [1.82, 2.24) is 40.0 Å². The first kappa shape index (κ1) is 29.7. The third-order valence-electron chi connectivity index (χ3n) is 7.86. The van der Waals surface area contributed by atoms with Gasteiger partial charge in [0.15, 0.2) is 0 Å². The van der Waals surface area contributed by atoms with Gasteiger partial charge in [0.2, 0.25) is 5.89 Å². The Morgan fingerprint density at radius 2 is 1.86 bits per heavy atom. The fourth-order valence-corrected chi connectivity index (χ4v) is 5.51. The summed E-state index contributed by atoms with van der Waals surface area (Å²) in [6.07, 6.45) is 1.90. The van der Waals surface area contributed by atoms with Crippen molar-refractivity contribution in [2.45, 2.75) is 64.1 Å². The Morgan fingerprint density at radius 1 is 1.09 bits per heavy atom. The minimum absolute atomic E-state index is 0.0237. The van der Waals surface area contributed by atoms with Crippen LogP contribution in [0.25, 0.3) is 22.7 Å². The third kappa shape index (κ3) is 6.59. The number of rotatable bonds is 7. The van der Waals surface area contributed by atoms with Crippen molar-refractivity contribution < 1.29 is 27.1 Å². The Hall–Kier alpha value is -4.33. The van der Waals surface area contributed by atoms with Crippen molar-refractivity contribution in [2.75, 3.05) is 26.2 Å². The molecule has 232 valence electrons. The number of benzene rings is 1. The first-order valence-electron chi connectivity index (χ1n) is 14.5. The van der Waals surface area contributed by atoms with Gasteiger partial charge in [-0.15, -0.1) is 15.3 Å². The minimum Gasteiger partial charge on any atom is -0.444 e. The van der Waals surface area contributed by atoms with Gasteiger partial charge in [-0.3, -0.25) is 9.88 Å². The van der Waals surface area contributed by atoms with Crippen LogP contribution in [0.1, 0.15) is 63.1 Å². The molecular weight excluding hydrogens is 577 g/mol. The number of amides is 1. The number of pyridine rings is 1. The molecule has 2 fully saturated rings. The van der Waals surface area contributed by atoms with Gasteiger partial charge in [-0.05, 0) is 70.3 Å². The van der Waals surface area contributed by atoms with Gasteiger partial charge in [-0.2, -0.15) is 8.78 Å². The van der Waals surface area contributed by atoms with Crippen LogP contribution >= 0.6 is 0 Å². The van der Waals surface area contributed by atoms with Crippen molar-refractivity contribution in [3.63, 3.8) is 0 Å². The molecule has 0 unspecified atom stereocenters. The maximum Gasteiger partial charge on any atom is 0.410 e. The third-order valence-corrected chi connectivity index (χ3v) is 7.86. The zero-order chi connectivity index (χ0) is 31.0. The number of aromatic nitrogens is 6. The van der Waals surface area contributed by atoms with E-state index in [0.29, 0.717) is 30.7 Å². The maximum atomic E-state index is 14.8. The van der Waals surface area contributed by atoms with Crippen LogP contribution in [0.15, 0.2) is 47.1 Å². The van der Waals surface area contributed by atoms with Crippen LogP contribution in [0.3, 0.4) is 0 Å². The number of carbonyl (C=O) groups excluding carboxylic acids is 1. The van der Waals surface area contributed by atoms with Crippen molar-refractivity contribution in [1.29, 1.82) is 0 Å². The summed E-state index contributed by atoms with van der Waals surface area (Å²) in [5.74, 6) is -1.32. The van der Waals surface area contributed by atoms with Crippen LogP contribution in [0.5, 0.6) is 0 Å². The van der Waals surface area contributed by atoms with E-state index < -0.39 is 23.7 Å². The lowest BCUT2D eigenvalue weighted by Gasteiger charge is -2.47. The summed E-state index contributed by atoms with van der Waals surface area (Å²) in [5, 5.41) is 15.2. The molecule has 3 aromatic heterocycles. The first-order valence-corrected chi connectivity index (χ1v) is 14.5. The standard InChI is InChI=1S/C30H33F3N8O3/c1-30(2,3)44-29(42)40-14-22(15-40)39-9-7-18(8-10-39)19-5-4-6-20(11-19)24-16-41(38-35-24)17-25-23(31)12-21(13-34-25)27-36-37-28(43-27)26(32)33/h4-6,11-13,16,18,22,26H,7-10,14-15,17H2,1-3H3. The summed E-state index contributed by atoms with van der Waals surface area (Å²) in [4.78, 5) is 20.6. The highest BCUT2D eigenvalue weighted by molar-refractivity contribution is 5.69. The second-order valence-electron chi connectivity index (χ2n) is 12.2. The summed E-state index contributed by atoms with van der Waals surface area (Å²) in [7, 11) is 0. The van der Waals surface area contributed by atoms with Gasteiger partial charge in [0.25, 0.3) is 5.89 Å². The number of carbonyl (C=O) groups is 1. The topological polar surface area (TPSA) is 115 Å². The van der Waals surface area contributed by atoms with Crippen molar-refractivity contribution in [2.24, 2.45) is 0 Å². The molecule has 0 aliphatic carbocycles. The average molecular weight is 611 g/mol. The quantitative estimate of drug-likeness (QED) is 0.274. The van der Waals surface area contributed by atoms with Gasteiger partial charge >= 0.3 is 12.5 Å². The number of nitrogens with zero attached hydrogens (tertiary/aromatic N) is 8. The second-order valence-corrected chi connectivity index (χ2v) is 12.2. The molecule has 0 atom stereocenters. The SMILES string of the molecule is CC(C)(C)OC(=O)N1CC(N2CCC(c3cccc(-c4cn(Cc5ncc(-c6nnc(C(F)F)o6)cc5F)nn4)c3)CC2)C1. The lowest BCUT2D eigenvalue weighted by atomic mass is 9.87. The van der Waals surface area contributed by atoms with E-state index in [2.05, 4.69) is 42.5 Å². The molecule has 1 amide bonds. The summed E-state index contributed by atoms with van der Waals surface area (Å²) in [5.41, 5.74) is 2.51. The molecule has 0 bridgehead atoms.